The Morgan fingerprint density at radius 2 is 1.80 bits per heavy atom. The molecule has 0 aromatic heterocycles. The average molecular weight is 329 g/mol. The van der Waals surface area contributed by atoms with Crippen LogP contribution < -0.4 is 5.01 Å². The lowest BCUT2D eigenvalue weighted by Gasteiger charge is -2.27. The number of nitrogens with zero attached hydrogens (tertiary/aromatic N) is 3. The number of hydrazone groups is 1. The molecule has 1 aliphatic heterocycles. The van der Waals surface area contributed by atoms with Crippen LogP contribution in [-0.4, -0.2) is 10.6 Å². The summed E-state index contributed by atoms with van der Waals surface area (Å²) in [6.07, 6.45) is 1.80. The predicted molar refractivity (Wildman–Crippen MR) is 98.8 cm³/mol. The highest BCUT2D eigenvalue weighted by Gasteiger charge is 2.33. The smallest absolute Gasteiger partial charge is 0.258 e. The molecular formula is C20H15N3O2. The molecule has 0 spiro atoms. The van der Waals surface area contributed by atoms with E-state index < -0.39 is 0 Å². The van der Waals surface area contributed by atoms with Crippen LogP contribution in [0.1, 0.15) is 23.6 Å². The van der Waals surface area contributed by atoms with Crippen molar-refractivity contribution in [2.24, 2.45) is 5.10 Å². The number of para-hydroxylation sites is 1. The molecule has 0 bridgehead atoms. The standard InChI is InChI=1S/C20H15N3O2/c1-12-16-10-9-13-7-8-14-11-17(23(24)25)20(19(16)18(13)14)22(21-12)15-5-3-2-4-6-15/h2-6,9-11H,7-8H2,1H3. The highest BCUT2D eigenvalue weighted by Crippen LogP contribution is 2.48. The van der Waals surface area contributed by atoms with Crippen molar-refractivity contribution in [3.8, 4) is 0 Å². The Balaban J connectivity index is 1.95. The van der Waals surface area contributed by atoms with Gasteiger partial charge in [0.15, 0.2) is 5.69 Å². The molecule has 0 fully saturated rings. The summed E-state index contributed by atoms with van der Waals surface area (Å²) in [5.74, 6) is 0. The molecule has 0 saturated carbocycles. The normalized spacial score (nSPS) is 14.8. The summed E-state index contributed by atoms with van der Waals surface area (Å²) < 4.78 is 0. The molecule has 1 aliphatic carbocycles. The van der Waals surface area contributed by atoms with Crippen LogP contribution >= 0.6 is 0 Å². The Kier molecular flexibility index (Phi) is 2.77. The Labute approximate surface area is 144 Å². The van der Waals surface area contributed by atoms with Crippen molar-refractivity contribution in [3.63, 3.8) is 0 Å². The van der Waals surface area contributed by atoms with Gasteiger partial charge in [-0.15, -0.1) is 0 Å². The van der Waals surface area contributed by atoms with E-state index in [-0.39, 0.29) is 10.6 Å². The number of nitro benzene ring substituents is 1. The Bertz CT molecular complexity index is 1090. The number of hydrogen-bond acceptors (Lipinski definition) is 4. The maximum absolute atomic E-state index is 11.8. The fourth-order valence-corrected chi connectivity index (χ4v) is 4.03. The molecule has 1 heterocycles. The van der Waals surface area contributed by atoms with Crippen LogP contribution in [0.15, 0.2) is 53.6 Å². The molecule has 3 aromatic carbocycles. The van der Waals surface area contributed by atoms with E-state index >= 15 is 0 Å². The van der Waals surface area contributed by atoms with Gasteiger partial charge in [-0.3, -0.25) is 10.1 Å². The lowest BCUT2D eigenvalue weighted by molar-refractivity contribution is -0.384. The molecule has 2 aliphatic rings. The van der Waals surface area contributed by atoms with E-state index in [1.807, 2.05) is 37.3 Å². The van der Waals surface area contributed by atoms with Gasteiger partial charge in [-0.25, -0.2) is 5.01 Å². The minimum absolute atomic E-state index is 0.128. The molecule has 5 rings (SSSR count). The highest BCUT2D eigenvalue weighted by atomic mass is 16.6. The number of rotatable bonds is 2. The highest BCUT2D eigenvalue weighted by molar-refractivity contribution is 6.20. The van der Waals surface area contributed by atoms with Crippen molar-refractivity contribution < 1.29 is 4.92 Å². The van der Waals surface area contributed by atoms with Gasteiger partial charge in [0.1, 0.15) is 0 Å². The summed E-state index contributed by atoms with van der Waals surface area (Å²) in [7, 11) is 0. The van der Waals surface area contributed by atoms with Gasteiger partial charge in [-0.2, -0.15) is 5.10 Å². The summed E-state index contributed by atoms with van der Waals surface area (Å²) in [6.45, 7) is 1.96. The van der Waals surface area contributed by atoms with E-state index in [1.165, 1.54) is 10.9 Å². The zero-order valence-electron chi connectivity index (χ0n) is 13.7. The van der Waals surface area contributed by atoms with E-state index in [0.717, 1.165) is 40.8 Å². The first kappa shape index (κ1) is 14.2. The molecule has 0 saturated heterocycles. The SMILES string of the molecule is CC1=NN(c2ccccc2)c2c([N+](=O)[O-])cc3c4c(ccc1c24)CC3. The maximum Gasteiger partial charge on any atom is 0.295 e. The first-order valence-electron chi connectivity index (χ1n) is 8.32. The molecule has 5 nitrogen and oxygen atoms in total. The first-order valence-corrected chi connectivity index (χ1v) is 8.32. The minimum Gasteiger partial charge on any atom is -0.258 e. The fraction of sp³-hybridized carbons (Fsp3) is 0.150. The summed E-state index contributed by atoms with van der Waals surface area (Å²) in [5, 5.41) is 20.4. The maximum atomic E-state index is 11.8. The van der Waals surface area contributed by atoms with Crippen molar-refractivity contribution in [2.75, 3.05) is 5.01 Å². The van der Waals surface area contributed by atoms with Gasteiger partial charge in [0, 0.05) is 17.0 Å². The van der Waals surface area contributed by atoms with Gasteiger partial charge >= 0.3 is 0 Å². The van der Waals surface area contributed by atoms with E-state index in [9.17, 15) is 10.1 Å². The van der Waals surface area contributed by atoms with E-state index in [1.54, 1.807) is 11.1 Å². The van der Waals surface area contributed by atoms with Crippen LogP contribution in [0.2, 0.25) is 0 Å². The van der Waals surface area contributed by atoms with Gasteiger partial charge in [0.25, 0.3) is 5.69 Å². The molecule has 0 N–H and O–H groups in total. The second-order valence-corrected chi connectivity index (χ2v) is 6.52. The third-order valence-corrected chi connectivity index (χ3v) is 5.12. The van der Waals surface area contributed by atoms with Crippen molar-refractivity contribution in [3.05, 3.63) is 75.3 Å². The van der Waals surface area contributed by atoms with Crippen LogP contribution in [0.5, 0.6) is 0 Å². The van der Waals surface area contributed by atoms with Gasteiger partial charge in [-0.05, 0) is 48.4 Å². The van der Waals surface area contributed by atoms with Crippen molar-refractivity contribution in [1.82, 2.24) is 0 Å². The third kappa shape index (κ3) is 1.86. The van der Waals surface area contributed by atoms with Gasteiger partial charge in [0.05, 0.1) is 16.3 Å². The van der Waals surface area contributed by atoms with Crippen molar-refractivity contribution in [1.29, 1.82) is 0 Å². The van der Waals surface area contributed by atoms with E-state index in [2.05, 4.69) is 17.2 Å². The van der Waals surface area contributed by atoms with Crippen molar-refractivity contribution in [2.45, 2.75) is 19.8 Å². The topological polar surface area (TPSA) is 58.7 Å². The molecule has 0 radical (unpaired) electrons. The second-order valence-electron chi connectivity index (χ2n) is 6.52. The predicted octanol–water partition coefficient (Wildman–Crippen LogP) is 4.72. The summed E-state index contributed by atoms with van der Waals surface area (Å²) in [5.41, 5.74) is 5.75. The molecule has 0 atom stereocenters. The summed E-state index contributed by atoms with van der Waals surface area (Å²) in [6, 6.07) is 15.6. The number of hydrogen-bond donors (Lipinski definition) is 0. The van der Waals surface area contributed by atoms with Crippen LogP contribution in [-0.2, 0) is 12.8 Å². The third-order valence-electron chi connectivity index (χ3n) is 5.12. The average Bonchev–Trinajstić information content (AvgIpc) is 3.05. The van der Waals surface area contributed by atoms with Gasteiger partial charge in [-0.1, -0.05) is 30.3 Å². The number of anilines is 2. The van der Waals surface area contributed by atoms with Crippen LogP contribution in [0.4, 0.5) is 17.1 Å². The monoisotopic (exact) mass is 329 g/mol. The minimum atomic E-state index is -0.286. The van der Waals surface area contributed by atoms with Crippen LogP contribution in [0.25, 0.3) is 10.8 Å². The van der Waals surface area contributed by atoms with Gasteiger partial charge < -0.3 is 0 Å². The van der Waals surface area contributed by atoms with Crippen LogP contribution in [0, 0.1) is 10.1 Å². The molecule has 5 heteroatoms. The number of benzene rings is 3. The largest absolute Gasteiger partial charge is 0.295 e. The second kappa shape index (κ2) is 4.89. The van der Waals surface area contributed by atoms with E-state index in [0.29, 0.717) is 5.69 Å². The number of aryl methyl sites for hydroxylation is 2. The lowest BCUT2D eigenvalue weighted by atomic mass is 9.93. The Morgan fingerprint density at radius 3 is 2.56 bits per heavy atom. The molecule has 25 heavy (non-hydrogen) atoms. The van der Waals surface area contributed by atoms with E-state index in [4.69, 9.17) is 0 Å². The Hall–Kier alpha value is -3.21. The molecular weight excluding hydrogens is 314 g/mol. The zero-order chi connectivity index (χ0) is 17.1. The van der Waals surface area contributed by atoms with Gasteiger partial charge in [0.2, 0.25) is 0 Å². The van der Waals surface area contributed by atoms with Crippen molar-refractivity contribution >= 4 is 33.5 Å². The Morgan fingerprint density at radius 1 is 1.04 bits per heavy atom. The molecule has 0 amide bonds. The quantitative estimate of drug-likeness (QED) is 0.505. The number of nitro groups is 1. The first-order chi connectivity index (χ1) is 12.1. The summed E-state index contributed by atoms with van der Waals surface area (Å²) >= 11 is 0. The summed E-state index contributed by atoms with van der Waals surface area (Å²) in [4.78, 5) is 11.5. The lowest BCUT2D eigenvalue weighted by Crippen LogP contribution is -2.19. The molecule has 122 valence electrons. The molecule has 0 unspecified atom stereocenters. The van der Waals surface area contributed by atoms with Crippen LogP contribution in [0.3, 0.4) is 0 Å². The zero-order valence-corrected chi connectivity index (χ0v) is 13.7. The molecule has 3 aromatic rings. The fourth-order valence-electron chi connectivity index (χ4n) is 4.03.